The van der Waals surface area contributed by atoms with E-state index in [0.717, 1.165) is 11.3 Å². The van der Waals surface area contributed by atoms with Crippen LogP contribution in [0.5, 0.6) is 11.5 Å². The van der Waals surface area contributed by atoms with Crippen LogP contribution in [-0.2, 0) is 0 Å². The fraction of sp³-hybridized carbons (Fsp3) is 0.300. The number of ether oxygens (including phenoxy) is 2. The van der Waals surface area contributed by atoms with Crippen LogP contribution >= 0.6 is 12.2 Å². The van der Waals surface area contributed by atoms with E-state index in [-0.39, 0.29) is 0 Å². The average Bonchev–Trinajstić information content (AvgIpc) is 2.20. The molecule has 0 aliphatic heterocycles. The largest absolute Gasteiger partial charge is 0.493 e. The first kappa shape index (κ1) is 10.7. The molecule has 4 heteroatoms. The van der Waals surface area contributed by atoms with Crippen molar-refractivity contribution in [1.82, 2.24) is 0 Å². The number of benzene rings is 1. The van der Waals surface area contributed by atoms with Crippen LogP contribution in [-0.4, -0.2) is 19.4 Å². The molecule has 0 saturated heterocycles. The second-order valence-electron chi connectivity index (χ2n) is 2.70. The van der Waals surface area contributed by atoms with Gasteiger partial charge in [-0.15, -0.1) is 0 Å². The lowest BCUT2D eigenvalue weighted by Gasteiger charge is -2.09. The third-order valence-electron chi connectivity index (χ3n) is 1.87. The summed E-state index contributed by atoms with van der Waals surface area (Å²) in [6, 6.07) is 3.62. The molecule has 0 N–H and O–H groups in total. The van der Waals surface area contributed by atoms with Crippen molar-refractivity contribution in [3.63, 3.8) is 0 Å². The highest BCUT2D eigenvalue weighted by Crippen LogP contribution is 2.33. The molecule has 74 valence electrons. The number of aliphatic imine (C=N–C) groups is 1. The number of methoxy groups -OCH3 is 2. The van der Waals surface area contributed by atoms with Crippen LogP contribution in [0.1, 0.15) is 5.56 Å². The topological polar surface area (TPSA) is 30.8 Å². The van der Waals surface area contributed by atoms with Gasteiger partial charge in [0.2, 0.25) is 0 Å². The molecular formula is C10H11NO2S. The Hall–Kier alpha value is -1.38. The maximum absolute atomic E-state index is 5.14. The van der Waals surface area contributed by atoms with E-state index in [0.29, 0.717) is 11.5 Å². The fourth-order valence-corrected chi connectivity index (χ4v) is 1.24. The summed E-state index contributed by atoms with van der Waals surface area (Å²) < 4.78 is 10.3. The molecule has 0 atom stereocenters. The Bertz CT molecular complexity index is 384. The molecule has 0 saturated carbocycles. The highest BCUT2D eigenvalue weighted by molar-refractivity contribution is 7.78. The van der Waals surface area contributed by atoms with Gasteiger partial charge in [0.05, 0.1) is 25.1 Å². The quantitative estimate of drug-likeness (QED) is 0.566. The first-order valence-electron chi connectivity index (χ1n) is 4.03. The Morgan fingerprint density at radius 2 is 1.79 bits per heavy atom. The number of nitrogens with zero attached hydrogens (tertiary/aromatic N) is 1. The van der Waals surface area contributed by atoms with Crippen LogP contribution in [0.25, 0.3) is 0 Å². The van der Waals surface area contributed by atoms with Crippen LogP contribution in [0.15, 0.2) is 17.1 Å². The lowest BCUT2D eigenvalue weighted by Crippen LogP contribution is -1.91. The predicted octanol–water partition coefficient (Wildman–Crippen LogP) is 2.75. The molecule has 1 aromatic carbocycles. The zero-order valence-corrected chi connectivity index (χ0v) is 9.14. The van der Waals surface area contributed by atoms with Gasteiger partial charge in [0.25, 0.3) is 0 Å². The van der Waals surface area contributed by atoms with E-state index in [4.69, 9.17) is 9.47 Å². The zero-order chi connectivity index (χ0) is 10.6. The number of isothiocyanates is 1. The molecule has 0 unspecified atom stereocenters. The fourth-order valence-electron chi connectivity index (χ4n) is 1.14. The Kier molecular flexibility index (Phi) is 3.63. The standard InChI is InChI=1S/C10H11NO2S/c1-7-4-9(12-2)10(13-3)5-8(7)11-6-14/h4-5H,1-3H3. The molecule has 0 aliphatic rings. The molecule has 0 fully saturated rings. The predicted molar refractivity (Wildman–Crippen MR) is 59.0 cm³/mol. The highest BCUT2D eigenvalue weighted by Gasteiger charge is 2.07. The summed E-state index contributed by atoms with van der Waals surface area (Å²) in [5.41, 5.74) is 1.72. The van der Waals surface area contributed by atoms with E-state index in [9.17, 15) is 0 Å². The first-order chi connectivity index (χ1) is 6.72. The lowest BCUT2D eigenvalue weighted by molar-refractivity contribution is 0.355. The van der Waals surface area contributed by atoms with Crippen molar-refractivity contribution in [2.24, 2.45) is 4.99 Å². The van der Waals surface area contributed by atoms with Crippen molar-refractivity contribution >= 4 is 23.1 Å². The Labute approximate surface area is 88.4 Å². The highest BCUT2D eigenvalue weighted by atomic mass is 32.1. The number of hydrogen-bond acceptors (Lipinski definition) is 4. The van der Waals surface area contributed by atoms with Crippen LogP contribution in [0, 0.1) is 6.92 Å². The minimum absolute atomic E-state index is 0.641. The second kappa shape index (κ2) is 4.74. The number of thiocarbonyl (C=S) groups is 1. The summed E-state index contributed by atoms with van der Waals surface area (Å²) in [6.07, 6.45) is 0. The Morgan fingerprint density at radius 3 is 2.29 bits per heavy atom. The molecule has 1 rings (SSSR count). The molecule has 3 nitrogen and oxygen atoms in total. The van der Waals surface area contributed by atoms with Crippen LogP contribution in [0.3, 0.4) is 0 Å². The van der Waals surface area contributed by atoms with Gasteiger partial charge in [0.1, 0.15) is 0 Å². The van der Waals surface area contributed by atoms with E-state index in [1.165, 1.54) is 0 Å². The molecular weight excluding hydrogens is 198 g/mol. The third-order valence-corrected chi connectivity index (χ3v) is 1.96. The Balaban J connectivity index is 3.29. The van der Waals surface area contributed by atoms with Crippen molar-refractivity contribution in [3.05, 3.63) is 17.7 Å². The van der Waals surface area contributed by atoms with Crippen LogP contribution < -0.4 is 9.47 Å². The average molecular weight is 209 g/mol. The van der Waals surface area contributed by atoms with Crippen molar-refractivity contribution in [2.45, 2.75) is 6.92 Å². The summed E-state index contributed by atoms with van der Waals surface area (Å²) in [4.78, 5) is 3.92. The normalized spacial score (nSPS) is 9.07. The van der Waals surface area contributed by atoms with Gasteiger partial charge in [-0.2, -0.15) is 4.99 Å². The molecule has 1 aromatic rings. The maximum atomic E-state index is 5.14. The number of hydrogen-bond donors (Lipinski definition) is 0. The van der Waals surface area contributed by atoms with Crippen molar-refractivity contribution < 1.29 is 9.47 Å². The van der Waals surface area contributed by atoms with Gasteiger partial charge in [0.15, 0.2) is 11.5 Å². The number of rotatable bonds is 3. The van der Waals surface area contributed by atoms with Crippen LogP contribution in [0.2, 0.25) is 0 Å². The lowest BCUT2D eigenvalue weighted by atomic mass is 10.2. The van der Waals surface area contributed by atoms with Gasteiger partial charge in [-0.05, 0) is 30.8 Å². The van der Waals surface area contributed by atoms with Gasteiger partial charge < -0.3 is 9.47 Å². The van der Waals surface area contributed by atoms with Gasteiger partial charge >= 0.3 is 0 Å². The minimum atomic E-state index is 0.641. The van der Waals surface area contributed by atoms with Gasteiger partial charge in [-0.1, -0.05) is 0 Å². The van der Waals surface area contributed by atoms with E-state index in [1.54, 1.807) is 20.3 Å². The summed E-state index contributed by atoms with van der Waals surface area (Å²) in [7, 11) is 3.18. The van der Waals surface area contributed by atoms with E-state index < -0.39 is 0 Å². The molecule has 0 aromatic heterocycles. The van der Waals surface area contributed by atoms with Gasteiger partial charge in [-0.25, -0.2) is 0 Å². The SMILES string of the molecule is COc1cc(C)c(N=C=S)cc1OC. The summed E-state index contributed by atoms with van der Waals surface area (Å²) in [5, 5.41) is 2.33. The molecule has 0 heterocycles. The van der Waals surface area contributed by atoms with Crippen molar-refractivity contribution in [3.8, 4) is 11.5 Å². The summed E-state index contributed by atoms with van der Waals surface area (Å²) >= 11 is 4.55. The third kappa shape index (κ3) is 2.10. The Morgan fingerprint density at radius 1 is 1.21 bits per heavy atom. The van der Waals surface area contributed by atoms with E-state index in [1.807, 2.05) is 13.0 Å². The van der Waals surface area contributed by atoms with Crippen LogP contribution in [0.4, 0.5) is 5.69 Å². The molecule has 0 amide bonds. The smallest absolute Gasteiger partial charge is 0.162 e. The van der Waals surface area contributed by atoms with Gasteiger partial charge in [-0.3, -0.25) is 0 Å². The molecule has 0 aliphatic carbocycles. The van der Waals surface area contributed by atoms with Crippen molar-refractivity contribution in [1.29, 1.82) is 0 Å². The van der Waals surface area contributed by atoms with E-state index >= 15 is 0 Å². The molecule has 0 bridgehead atoms. The van der Waals surface area contributed by atoms with Crippen molar-refractivity contribution in [2.75, 3.05) is 14.2 Å². The molecule has 0 spiro atoms. The maximum Gasteiger partial charge on any atom is 0.162 e. The van der Waals surface area contributed by atoms with E-state index in [2.05, 4.69) is 22.4 Å². The zero-order valence-electron chi connectivity index (χ0n) is 8.33. The summed E-state index contributed by atoms with van der Waals surface area (Å²) in [6.45, 7) is 1.92. The number of aryl methyl sites for hydroxylation is 1. The minimum Gasteiger partial charge on any atom is -0.493 e. The second-order valence-corrected chi connectivity index (χ2v) is 2.88. The first-order valence-corrected chi connectivity index (χ1v) is 4.44. The summed E-state index contributed by atoms with van der Waals surface area (Å²) in [5.74, 6) is 1.33. The van der Waals surface area contributed by atoms with Gasteiger partial charge in [0, 0.05) is 6.07 Å². The molecule has 0 radical (unpaired) electrons. The monoisotopic (exact) mass is 209 g/mol. The molecule has 14 heavy (non-hydrogen) atoms.